The zero-order valence-electron chi connectivity index (χ0n) is 10.0. The molecule has 0 aromatic carbocycles. The summed E-state index contributed by atoms with van der Waals surface area (Å²) in [5.74, 6) is 2.35. The summed E-state index contributed by atoms with van der Waals surface area (Å²) in [5, 5.41) is 3.50. The second-order valence-electron chi connectivity index (χ2n) is 4.70. The quantitative estimate of drug-likeness (QED) is 0.819. The van der Waals surface area contributed by atoms with Crippen molar-refractivity contribution in [1.29, 1.82) is 0 Å². The highest BCUT2D eigenvalue weighted by atomic mass is 15.1. The van der Waals surface area contributed by atoms with E-state index in [0.717, 1.165) is 23.7 Å². The fraction of sp³-hybridized carbons (Fsp3) is 0.667. The Bertz CT molecular complexity index is 364. The van der Waals surface area contributed by atoms with Gasteiger partial charge in [-0.1, -0.05) is 13.8 Å². The Labute approximate surface area is 96.7 Å². The first-order valence-corrected chi connectivity index (χ1v) is 6.06. The number of nitrogens with one attached hydrogen (secondary N) is 1. The molecule has 0 aliphatic heterocycles. The van der Waals surface area contributed by atoms with Crippen LogP contribution in [0.5, 0.6) is 0 Å². The van der Waals surface area contributed by atoms with Crippen LogP contribution in [0.2, 0.25) is 0 Å². The zero-order valence-corrected chi connectivity index (χ0v) is 10.0. The van der Waals surface area contributed by atoms with Crippen LogP contribution in [-0.4, -0.2) is 16.0 Å². The van der Waals surface area contributed by atoms with E-state index in [1.807, 2.05) is 0 Å². The van der Waals surface area contributed by atoms with Crippen molar-refractivity contribution in [2.24, 2.45) is 5.92 Å². The van der Waals surface area contributed by atoms with E-state index < -0.39 is 0 Å². The van der Waals surface area contributed by atoms with Crippen molar-refractivity contribution >= 4 is 11.6 Å². The molecule has 1 aliphatic rings. The van der Waals surface area contributed by atoms with E-state index in [0.29, 0.717) is 11.9 Å². The maximum atomic E-state index is 5.84. The number of aromatic nitrogens is 2. The van der Waals surface area contributed by atoms with Crippen molar-refractivity contribution in [2.75, 3.05) is 11.1 Å². The van der Waals surface area contributed by atoms with Gasteiger partial charge in [-0.25, -0.2) is 9.97 Å². The largest absolute Gasteiger partial charge is 0.383 e. The third kappa shape index (κ3) is 2.26. The van der Waals surface area contributed by atoms with E-state index in [1.165, 1.54) is 25.6 Å². The lowest BCUT2D eigenvalue weighted by Gasteiger charge is -2.16. The molecule has 0 bridgehead atoms. The number of nitrogens with zero attached hydrogens (tertiary/aromatic N) is 2. The van der Waals surface area contributed by atoms with E-state index in [-0.39, 0.29) is 0 Å². The van der Waals surface area contributed by atoms with Crippen molar-refractivity contribution < 1.29 is 0 Å². The van der Waals surface area contributed by atoms with Gasteiger partial charge >= 0.3 is 0 Å². The molecule has 4 heteroatoms. The highest BCUT2D eigenvalue weighted by Crippen LogP contribution is 2.28. The smallest absolute Gasteiger partial charge is 0.134 e. The lowest BCUT2D eigenvalue weighted by Crippen LogP contribution is -2.18. The fourth-order valence-corrected chi connectivity index (χ4v) is 2.43. The van der Waals surface area contributed by atoms with Crippen LogP contribution >= 0.6 is 0 Å². The minimum absolute atomic E-state index is 0.551. The van der Waals surface area contributed by atoms with Gasteiger partial charge in [-0.3, -0.25) is 0 Å². The molecule has 0 spiro atoms. The van der Waals surface area contributed by atoms with E-state index in [1.54, 1.807) is 0 Å². The minimum atomic E-state index is 0.551. The number of rotatable bonds is 3. The van der Waals surface area contributed by atoms with Crippen LogP contribution in [0.4, 0.5) is 11.6 Å². The Kier molecular flexibility index (Phi) is 3.27. The van der Waals surface area contributed by atoms with Crippen LogP contribution in [0.1, 0.15) is 38.7 Å². The molecule has 0 amide bonds. The van der Waals surface area contributed by atoms with Gasteiger partial charge in [0.2, 0.25) is 0 Å². The molecule has 1 aromatic rings. The molecule has 1 fully saturated rings. The molecule has 3 N–H and O–H groups in total. The number of anilines is 2. The van der Waals surface area contributed by atoms with Gasteiger partial charge in [-0.2, -0.15) is 0 Å². The van der Waals surface area contributed by atoms with Crippen molar-refractivity contribution in [3.8, 4) is 0 Å². The lowest BCUT2D eigenvalue weighted by atomic mass is 10.1. The monoisotopic (exact) mass is 220 g/mol. The van der Waals surface area contributed by atoms with Gasteiger partial charge in [0.15, 0.2) is 0 Å². The Balaban J connectivity index is 2.12. The maximum Gasteiger partial charge on any atom is 0.134 e. The Morgan fingerprint density at radius 3 is 2.88 bits per heavy atom. The Hall–Kier alpha value is -1.32. The second-order valence-corrected chi connectivity index (χ2v) is 4.70. The van der Waals surface area contributed by atoms with Crippen LogP contribution in [0, 0.1) is 5.92 Å². The molecule has 1 heterocycles. The molecule has 1 aliphatic carbocycles. The number of hydrogen-bond donors (Lipinski definition) is 2. The SMILES string of the molecule is CCc1c(N)ncnc1NC1CCC(C)C1. The van der Waals surface area contributed by atoms with E-state index in [9.17, 15) is 0 Å². The van der Waals surface area contributed by atoms with Gasteiger partial charge in [0, 0.05) is 11.6 Å². The molecule has 16 heavy (non-hydrogen) atoms. The van der Waals surface area contributed by atoms with Crippen LogP contribution in [0.15, 0.2) is 6.33 Å². The summed E-state index contributed by atoms with van der Waals surface area (Å²) in [6.07, 6.45) is 6.17. The average Bonchev–Trinajstić information content (AvgIpc) is 2.64. The molecule has 2 atom stereocenters. The predicted molar refractivity (Wildman–Crippen MR) is 66.2 cm³/mol. The van der Waals surface area contributed by atoms with Crippen molar-refractivity contribution in [3.05, 3.63) is 11.9 Å². The summed E-state index contributed by atoms with van der Waals surface area (Å²) >= 11 is 0. The Morgan fingerprint density at radius 2 is 2.25 bits per heavy atom. The van der Waals surface area contributed by atoms with E-state index in [2.05, 4.69) is 29.1 Å². The van der Waals surface area contributed by atoms with E-state index >= 15 is 0 Å². The predicted octanol–water partition coefficient (Wildman–Crippen LogP) is 2.22. The summed E-state index contributed by atoms with van der Waals surface area (Å²) < 4.78 is 0. The molecule has 2 rings (SSSR count). The van der Waals surface area contributed by atoms with Crippen LogP contribution < -0.4 is 11.1 Å². The van der Waals surface area contributed by atoms with Crippen molar-refractivity contribution in [2.45, 2.75) is 45.6 Å². The third-order valence-corrected chi connectivity index (χ3v) is 3.37. The van der Waals surface area contributed by atoms with Gasteiger partial charge in [0.1, 0.15) is 18.0 Å². The molecule has 88 valence electrons. The molecule has 0 radical (unpaired) electrons. The topological polar surface area (TPSA) is 63.8 Å². The standard InChI is InChI=1S/C12H20N4/c1-3-10-11(13)14-7-15-12(10)16-9-5-4-8(2)6-9/h7-9H,3-6H2,1-2H3,(H3,13,14,15,16). The van der Waals surface area contributed by atoms with Crippen LogP contribution in [0.25, 0.3) is 0 Å². The van der Waals surface area contributed by atoms with E-state index in [4.69, 9.17) is 5.73 Å². The molecule has 1 aromatic heterocycles. The van der Waals surface area contributed by atoms with Crippen LogP contribution in [0.3, 0.4) is 0 Å². The number of nitrogens with two attached hydrogens (primary N) is 1. The minimum Gasteiger partial charge on any atom is -0.383 e. The summed E-state index contributed by atoms with van der Waals surface area (Å²) in [7, 11) is 0. The molecular formula is C12H20N4. The molecule has 4 nitrogen and oxygen atoms in total. The van der Waals surface area contributed by atoms with Gasteiger partial charge < -0.3 is 11.1 Å². The highest BCUT2D eigenvalue weighted by molar-refractivity contribution is 5.55. The lowest BCUT2D eigenvalue weighted by molar-refractivity contribution is 0.602. The summed E-state index contributed by atoms with van der Waals surface area (Å²) in [4.78, 5) is 8.32. The molecular weight excluding hydrogens is 200 g/mol. The fourth-order valence-electron chi connectivity index (χ4n) is 2.43. The average molecular weight is 220 g/mol. The molecule has 0 saturated heterocycles. The van der Waals surface area contributed by atoms with Gasteiger partial charge in [0.05, 0.1) is 0 Å². The van der Waals surface area contributed by atoms with Crippen molar-refractivity contribution in [3.63, 3.8) is 0 Å². The first-order valence-electron chi connectivity index (χ1n) is 6.06. The van der Waals surface area contributed by atoms with Crippen LogP contribution in [-0.2, 0) is 6.42 Å². The summed E-state index contributed by atoms with van der Waals surface area (Å²) in [6, 6.07) is 0.551. The normalized spacial score (nSPS) is 24.6. The molecule has 1 saturated carbocycles. The summed E-state index contributed by atoms with van der Waals surface area (Å²) in [5.41, 5.74) is 6.89. The Morgan fingerprint density at radius 1 is 1.44 bits per heavy atom. The van der Waals surface area contributed by atoms with Gasteiger partial charge in [0.25, 0.3) is 0 Å². The first kappa shape index (κ1) is 11.2. The van der Waals surface area contributed by atoms with Crippen molar-refractivity contribution in [1.82, 2.24) is 9.97 Å². The summed E-state index contributed by atoms with van der Waals surface area (Å²) in [6.45, 7) is 4.38. The number of nitrogen functional groups attached to an aromatic ring is 1. The first-order chi connectivity index (χ1) is 7.70. The highest BCUT2D eigenvalue weighted by Gasteiger charge is 2.22. The molecule has 2 unspecified atom stereocenters. The van der Waals surface area contributed by atoms with Gasteiger partial charge in [-0.05, 0) is 31.6 Å². The zero-order chi connectivity index (χ0) is 11.5. The van der Waals surface area contributed by atoms with Gasteiger partial charge in [-0.15, -0.1) is 0 Å². The maximum absolute atomic E-state index is 5.84. The third-order valence-electron chi connectivity index (χ3n) is 3.37. The number of hydrogen-bond acceptors (Lipinski definition) is 4. The second kappa shape index (κ2) is 4.68.